The first kappa shape index (κ1) is 19.6. The SMILES string of the molecule is CCN(Cc1cccc(F)c1)C(=O)CSc1nc(NC2CC2)c2ccccc2n1. The highest BCUT2D eigenvalue weighted by atomic mass is 32.2. The highest BCUT2D eigenvalue weighted by Gasteiger charge is 2.23. The molecule has 1 amide bonds. The minimum atomic E-state index is -0.291. The number of carbonyl (C=O) groups is 1. The maximum absolute atomic E-state index is 13.4. The highest BCUT2D eigenvalue weighted by molar-refractivity contribution is 7.99. The lowest BCUT2D eigenvalue weighted by molar-refractivity contribution is -0.128. The van der Waals surface area contributed by atoms with Gasteiger partial charge in [-0.1, -0.05) is 36.0 Å². The molecule has 0 spiro atoms. The molecule has 0 bridgehead atoms. The van der Waals surface area contributed by atoms with E-state index in [9.17, 15) is 9.18 Å². The molecule has 1 heterocycles. The summed E-state index contributed by atoms with van der Waals surface area (Å²) in [5, 5.41) is 5.05. The summed E-state index contributed by atoms with van der Waals surface area (Å²) >= 11 is 1.33. The molecule has 0 atom stereocenters. The van der Waals surface area contributed by atoms with E-state index in [1.807, 2.05) is 37.3 Å². The van der Waals surface area contributed by atoms with Crippen molar-refractivity contribution >= 4 is 34.4 Å². The lowest BCUT2D eigenvalue weighted by Crippen LogP contribution is -2.31. The third kappa shape index (κ3) is 5.03. The van der Waals surface area contributed by atoms with Crippen molar-refractivity contribution in [1.82, 2.24) is 14.9 Å². The molecule has 5 nitrogen and oxygen atoms in total. The summed E-state index contributed by atoms with van der Waals surface area (Å²) < 4.78 is 13.4. The second kappa shape index (κ2) is 8.78. The van der Waals surface area contributed by atoms with Crippen molar-refractivity contribution in [2.75, 3.05) is 17.6 Å². The smallest absolute Gasteiger partial charge is 0.233 e. The molecular formula is C22H23FN4OS. The normalized spacial score (nSPS) is 13.4. The number of para-hydroxylation sites is 1. The van der Waals surface area contributed by atoms with Gasteiger partial charge in [0.15, 0.2) is 5.16 Å². The van der Waals surface area contributed by atoms with Crippen molar-refractivity contribution in [1.29, 1.82) is 0 Å². The van der Waals surface area contributed by atoms with Crippen molar-refractivity contribution in [2.24, 2.45) is 0 Å². The average Bonchev–Trinajstić information content (AvgIpc) is 3.54. The van der Waals surface area contributed by atoms with Crippen molar-refractivity contribution in [3.63, 3.8) is 0 Å². The van der Waals surface area contributed by atoms with Crippen LogP contribution in [0.2, 0.25) is 0 Å². The predicted octanol–water partition coefficient (Wildman–Crippen LogP) is 4.48. The molecule has 0 unspecified atom stereocenters. The van der Waals surface area contributed by atoms with Gasteiger partial charge in [0, 0.05) is 24.5 Å². The molecule has 1 aliphatic rings. The van der Waals surface area contributed by atoms with E-state index in [2.05, 4.69) is 15.3 Å². The third-order valence-electron chi connectivity index (χ3n) is 4.82. The van der Waals surface area contributed by atoms with E-state index in [1.165, 1.54) is 23.9 Å². The quantitative estimate of drug-likeness (QED) is 0.438. The zero-order chi connectivity index (χ0) is 20.2. The predicted molar refractivity (Wildman–Crippen MR) is 114 cm³/mol. The van der Waals surface area contributed by atoms with Gasteiger partial charge in [0.05, 0.1) is 11.3 Å². The van der Waals surface area contributed by atoms with Crippen molar-refractivity contribution in [2.45, 2.75) is 37.5 Å². The van der Waals surface area contributed by atoms with Gasteiger partial charge < -0.3 is 10.2 Å². The van der Waals surface area contributed by atoms with E-state index in [0.29, 0.717) is 24.3 Å². The number of carbonyl (C=O) groups excluding carboxylic acids is 1. The number of nitrogens with one attached hydrogen (secondary N) is 1. The molecule has 29 heavy (non-hydrogen) atoms. The number of benzene rings is 2. The molecule has 0 saturated heterocycles. The zero-order valence-corrected chi connectivity index (χ0v) is 17.1. The summed E-state index contributed by atoms with van der Waals surface area (Å²) in [6.45, 7) is 2.87. The number of anilines is 1. The van der Waals surface area contributed by atoms with Crippen LogP contribution in [-0.2, 0) is 11.3 Å². The first-order valence-corrected chi connectivity index (χ1v) is 10.8. The number of hydrogen-bond acceptors (Lipinski definition) is 5. The molecule has 150 valence electrons. The van der Waals surface area contributed by atoms with E-state index >= 15 is 0 Å². The zero-order valence-electron chi connectivity index (χ0n) is 16.3. The van der Waals surface area contributed by atoms with Gasteiger partial charge in [0.1, 0.15) is 11.6 Å². The van der Waals surface area contributed by atoms with Crippen LogP contribution in [0.5, 0.6) is 0 Å². The molecule has 7 heteroatoms. The monoisotopic (exact) mass is 410 g/mol. The number of fused-ring (bicyclic) bond motifs is 1. The van der Waals surface area contributed by atoms with Gasteiger partial charge in [-0.05, 0) is 49.6 Å². The summed E-state index contributed by atoms with van der Waals surface area (Å²) in [7, 11) is 0. The molecule has 4 rings (SSSR count). The van der Waals surface area contributed by atoms with Crippen molar-refractivity contribution < 1.29 is 9.18 Å². The summed E-state index contributed by atoms with van der Waals surface area (Å²) in [5.74, 6) is 0.765. The van der Waals surface area contributed by atoms with Crippen LogP contribution in [-0.4, -0.2) is 39.1 Å². The van der Waals surface area contributed by atoms with Crippen molar-refractivity contribution in [3.05, 3.63) is 59.9 Å². The van der Waals surface area contributed by atoms with Gasteiger partial charge in [0.2, 0.25) is 5.91 Å². The summed E-state index contributed by atoms with van der Waals surface area (Å²) in [6.07, 6.45) is 2.32. The highest BCUT2D eigenvalue weighted by Crippen LogP contribution is 2.29. The Labute approximate surface area is 173 Å². The minimum Gasteiger partial charge on any atom is -0.367 e. The lowest BCUT2D eigenvalue weighted by Gasteiger charge is -2.21. The van der Waals surface area contributed by atoms with Crippen LogP contribution in [0, 0.1) is 5.82 Å². The van der Waals surface area contributed by atoms with Crippen molar-refractivity contribution in [3.8, 4) is 0 Å². The Balaban J connectivity index is 1.45. The van der Waals surface area contributed by atoms with Gasteiger partial charge in [-0.15, -0.1) is 0 Å². The Morgan fingerprint density at radius 3 is 2.79 bits per heavy atom. The van der Waals surface area contributed by atoms with Gasteiger partial charge in [-0.2, -0.15) is 0 Å². The largest absolute Gasteiger partial charge is 0.367 e. The standard InChI is InChI=1S/C22H23FN4OS/c1-2-27(13-15-6-5-7-16(23)12-15)20(28)14-29-22-25-19-9-4-3-8-18(19)21(26-22)24-17-10-11-17/h3-9,12,17H,2,10-11,13-14H2,1H3,(H,24,25,26). The summed E-state index contributed by atoms with van der Waals surface area (Å²) in [5.41, 5.74) is 1.65. The van der Waals surface area contributed by atoms with Gasteiger partial charge in [-0.25, -0.2) is 14.4 Å². The third-order valence-corrected chi connectivity index (χ3v) is 5.65. The number of aromatic nitrogens is 2. The second-order valence-electron chi connectivity index (χ2n) is 7.12. The number of halogens is 1. The number of hydrogen-bond donors (Lipinski definition) is 1. The van der Waals surface area contributed by atoms with E-state index in [1.54, 1.807) is 11.0 Å². The van der Waals surface area contributed by atoms with Crippen LogP contribution in [0.1, 0.15) is 25.3 Å². The molecular weight excluding hydrogens is 387 g/mol. The number of thioether (sulfide) groups is 1. The average molecular weight is 411 g/mol. The fourth-order valence-corrected chi connectivity index (χ4v) is 3.85. The summed E-state index contributed by atoms with van der Waals surface area (Å²) in [4.78, 5) is 23.7. The molecule has 1 aromatic heterocycles. The van der Waals surface area contributed by atoms with E-state index in [4.69, 9.17) is 0 Å². The molecule has 2 aromatic carbocycles. The molecule has 1 N–H and O–H groups in total. The van der Waals surface area contributed by atoms with Crippen LogP contribution in [0.3, 0.4) is 0 Å². The van der Waals surface area contributed by atoms with Gasteiger partial charge in [0.25, 0.3) is 0 Å². The number of nitrogens with zero attached hydrogens (tertiary/aromatic N) is 3. The van der Waals surface area contributed by atoms with Crippen LogP contribution in [0.25, 0.3) is 10.9 Å². The molecule has 1 saturated carbocycles. The Morgan fingerprint density at radius 1 is 1.21 bits per heavy atom. The Bertz CT molecular complexity index is 1020. The summed E-state index contributed by atoms with van der Waals surface area (Å²) in [6, 6.07) is 14.7. The van der Waals surface area contributed by atoms with Gasteiger partial charge in [-0.3, -0.25) is 4.79 Å². The van der Waals surface area contributed by atoms with E-state index in [-0.39, 0.29) is 17.5 Å². The number of amides is 1. The molecule has 1 aliphatic carbocycles. The Morgan fingerprint density at radius 2 is 2.03 bits per heavy atom. The first-order valence-electron chi connectivity index (χ1n) is 9.80. The van der Waals surface area contributed by atoms with Crippen LogP contribution in [0.4, 0.5) is 10.2 Å². The van der Waals surface area contributed by atoms with E-state index < -0.39 is 0 Å². The maximum Gasteiger partial charge on any atom is 0.233 e. The maximum atomic E-state index is 13.4. The first-order chi connectivity index (χ1) is 14.1. The minimum absolute atomic E-state index is 0.0183. The van der Waals surface area contributed by atoms with Crippen LogP contribution < -0.4 is 5.32 Å². The lowest BCUT2D eigenvalue weighted by atomic mass is 10.2. The van der Waals surface area contributed by atoms with E-state index in [0.717, 1.165) is 35.1 Å². The van der Waals surface area contributed by atoms with Crippen LogP contribution >= 0.6 is 11.8 Å². The topological polar surface area (TPSA) is 58.1 Å². The second-order valence-corrected chi connectivity index (χ2v) is 8.06. The molecule has 1 fully saturated rings. The fourth-order valence-electron chi connectivity index (χ4n) is 3.10. The van der Waals surface area contributed by atoms with Gasteiger partial charge >= 0.3 is 0 Å². The number of rotatable bonds is 8. The molecule has 0 aliphatic heterocycles. The Kier molecular flexibility index (Phi) is 5.94. The Hall–Kier alpha value is -2.67. The molecule has 3 aromatic rings. The molecule has 0 radical (unpaired) electrons. The fraction of sp³-hybridized carbons (Fsp3) is 0.318. The van der Waals surface area contributed by atoms with Crippen LogP contribution in [0.15, 0.2) is 53.7 Å².